The quantitative estimate of drug-likeness (QED) is 0.0199. The van der Waals surface area contributed by atoms with Crippen molar-refractivity contribution in [2.45, 2.75) is 279 Å². The van der Waals surface area contributed by atoms with Crippen molar-refractivity contribution in [3.05, 3.63) is 229 Å². The molecule has 8 aromatic rings. The summed E-state index contributed by atoms with van der Waals surface area (Å²) >= 11 is 0. The van der Waals surface area contributed by atoms with Crippen LogP contribution in [0.5, 0.6) is 17.2 Å². The number of halogens is 10. The molecule has 25 rings (SSSR count). The largest absolute Gasteiger partial charge is 0.497 e. The summed E-state index contributed by atoms with van der Waals surface area (Å²) in [5.41, 5.74) is 2.34. The van der Waals surface area contributed by atoms with Crippen molar-refractivity contribution in [1.82, 2.24) is 0 Å². The van der Waals surface area contributed by atoms with E-state index in [2.05, 4.69) is 217 Å². The number of carbonyl (C=O) groups is 4. The zero-order valence-corrected chi connectivity index (χ0v) is 88.4. The third-order valence-electron chi connectivity index (χ3n) is 32.4. The lowest BCUT2D eigenvalue weighted by Crippen LogP contribution is -2.70. The Morgan fingerprint density at radius 2 is 0.818 bits per heavy atom. The minimum absolute atomic E-state index is 0.0146. The van der Waals surface area contributed by atoms with Gasteiger partial charge < -0.3 is 33.2 Å². The van der Waals surface area contributed by atoms with Gasteiger partial charge in [-0.1, -0.05) is 126 Å². The highest BCUT2D eigenvalue weighted by molar-refractivity contribution is 7.98. The predicted octanol–water partition coefficient (Wildman–Crippen LogP) is 28.6. The van der Waals surface area contributed by atoms with Crippen molar-refractivity contribution < 1.29 is 96.2 Å². The summed E-state index contributed by atoms with van der Waals surface area (Å²) < 4.78 is 166. The van der Waals surface area contributed by atoms with Gasteiger partial charge in [0.05, 0.1) is 73.8 Å². The van der Waals surface area contributed by atoms with Gasteiger partial charge in [0.1, 0.15) is 46.9 Å². The first-order valence-electron chi connectivity index (χ1n) is 51.4. The monoisotopic (exact) mass is 2060 g/mol. The highest BCUT2D eigenvalue weighted by atomic mass is 32.2. The maximum atomic E-state index is 13.6. The van der Waals surface area contributed by atoms with E-state index in [4.69, 9.17) is 28.4 Å². The second-order valence-electron chi connectivity index (χ2n) is 45.2. The Morgan fingerprint density at radius 1 is 0.427 bits per heavy atom. The molecule has 7 atom stereocenters. The zero-order valence-electron chi connectivity index (χ0n) is 85.1. The lowest BCUT2D eigenvalue weighted by atomic mass is 9.31. The molecule has 2 aliphatic heterocycles. The van der Waals surface area contributed by atoms with E-state index in [0.29, 0.717) is 91.3 Å². The Bertz CT molecular complexity index is 5210. The summed E-state index contributed by atoms with van der Waals surface area (Å²) in [5.74, 6) is 1.18. The van der Waals surface area contributed by atoms with Crippen LogP contribution in [0.25, 0.3) is 0 Å². The van der Waals surface area contributed by atoms with Crippen molar-refractivity contribution in [2.75, 3.05) is 70.8 Å². The smallest absolute Gasteiger partial charge is 0.431 e. The first-order chi connectivity index (χ1) is 67.8. The maximum absolute atomic E-state index is 13.6. The molecule has 17 fully saturated rings. The van der Waals surface area contributed by atoms with Gasteiger partial charge in [-0.15, -0.1) is 0 Å². The molecule has 2 heterocycles. The van der Waals surface area contributed by atoms with E-state index in [0.717, 1.165) is 135 Å². The Kier molecular flexibility index (Phi) is 35.0. The summed E-state index contributed by atoms with van der Waals surface area (Å²) in [6.45, 7) is 17.7. The van der Waals surface area contributed by atoms with Gasteiger partial charge in [0.25, 0.3) is 17.9 Å². The summed E-state index contributed by atoms with van der Waals surface area (Å²) in [7, 11) is 5.53. The average molecular weight is 2060 g/mol. The van der Waals surface area contributed by atoms with E-state index in [1.165, 1.54) is 103 Å². The molecular weight excluding hydrogens is 1910 g/mol. The van der Waals surface area contributed by atoms with E-state index in [-0.39, 0.29) is 79.5 Å². The normalized spacial score (nSPS) is 27.8. The van der Waals surface area contributed by atoms with Gasteiger partial charge >= 0.3 is 30.0 Å². The minimum atomic E-state index is -5.27. The molecule has 11 nitrogen and oxygen atoms in total. The van der Waals surface area contributed by atoms with Crippen molar-refractivity contribution in [1.29, 1.82) is 0 Å². The molecule has 16 bridgehead atoms. The fourth-order valence-electron chi connectivity index (χ4n) is 27.0. The molecule has 2 saturated heterocycles. The van der Waals surface area contributed by atoms with Crippen LogP contribution in [0.3, 0.4) is 0 Å². The van der Waals surface area contributed by atoms with Crippen molar-refractivity contribution in [2.24, 2.45) is 98.6 Å². The second-order valence-corrected chi connectivity index (χ2v) is 53.9. The van der Waals surface area contributed by atoms with Crippen LogP contribution in [-0.2, 0) is 82.3 Å². The van der Waals surface area contributed by atoms with Gasteiger partial charge in [-0.3, -0.25) is 14.4 Å². The van der Waals surface area contributed by atoms with Gasteiger partial charge in [-0.05, 0) is 357 Å². The number of rotatable bonds is 23. The van der Waals surface area contributed by atoms with Gasteiger partial charge in [-0.25, -0.2) is 26.7 Å². The second kappa shape index (κ2) is 45.9. The molecule has 25 heteroatoms. The topological polar surface area (TPSA) is 133 Å². The average Bonchev–Trinajstić information content (AvgIpc) is 0.813. The number of alkyl halides is 10. The van der Waals surface area contributed by atoms with Crippen molar-refractivity contribution in [3.63, 3.8) is 0 Å². The van der Waals surface area contributed by atoms with Gasteiger partial charge in [0, 0.05) is 59.0 Å². The standard InChI is InChI=1S/C21H21O2S.C19H25F3O2.C18H15S.C17H25O3S.C15H19F5O2.C14H20F2O2.C14H21S/c1-16-4-10-19(11-5-16)24(20-12-6-17(22-2)7-13-20)21-14-8-18(23-3)9-15-21;1-18(21,22)16(20)8-24-17(23)19-7-10-3-12-11-2-9(5-14(12)19)6-15(19)13(11)4-10;1-4-10-16(11-5-1)19(17-12-6-2-7-13-17)18-14-8-3-9-15-18;1-17(2,3)16(21-11-9-20-10-12-21)15(18)13-5-7-14(19-4)8-6-13;1-13(16,17)11(15(18,19)20)22-12(21)14-5-8-2-9(6-14)4-10(3-8)7-14;1-13(15,16)12(17)18-8-14-5-9-2-10(6-14)4-11(3-9)7-14;1-14(2,3)12-6-8-13(9-7-12)15-10-4-5-11-15/h4-15H,1-3H3;9-16H,2-8H2,1H3;1-15H;5-8,16H,9-12H2,1-4H3;8-11H,2-7H2,1H3;9-11H,2-8H2,1H3;6-9H,4-5,10-11H2,1-3H3/q+1;;2*+1;;;+1. The third kappa shape index (κ3) is 26.4. The van der Waals surface area contributed by atoms with E-state index >= 15 is 0 Å². The summed E-state index contributed by atoms with van der Waals surface area (Å²) in [6, 6.07) is 74.4. The molecule has 143 heavy (non-hydrogen) atoms. The number of hydrogen-bond acceptors (Lipinski definition) is 11. The molecule has 0 N–H and O–H groups in total. The molecule has 8 aromatic carbocycles. The SMILES string of the molecule is CC(C)(C)c1ccc([S+]2CCCC2)cc1.CC(F)(F)C(=O)OCC12CC3CC(CC(C3)C1)C2.CC(F)(F)C(F)COC(=O)C12CC3CC4C5CC(CC41)CC2C5C3.CC(F)(F)C(OC(=O)C12CC3CC(CC(C3)C1)C2)C(F)(F)F.COc1ccc(C(=O)C([S+]2CCOCC2)C(C)(C)C)cc1.COc1ccc([S+](c2ccc(C)cc2)c2ccc(OC)cc2)cc1.c1ccc([S+](c2ccccc2)c2ccccc2)cc1. The van der Waals surface area contributed by atoms with Crippen LogP contribution in [0.2, 0.25) is 0 Å². The Morgan fingerprint density at radius 3 is 1.20 bits per heavy atom. The van der Waals surface area contributed by atoms with E-state index < -0.39 is 65.6 Å². The third-order valence-corrected chi connectivity index (χ3v) is 42.4. The van der Waals surface area contributed by atoms with Crippen LogP contribution in [-0.4, -0.2) is 136 Å². The van der Waals surface area contributed by atoms with Crippen molar-refractivity contribution in [3.8, 4) is 17.2 Å². The van der Waals surface area contributed by atoms with Crippen LogP contribution in [0, 0.1) is 106 Å². The molecule has 17 aliphatic rings. The molecule has 15 aliphatic carbocycles. The van der Waals surface area contributed by atoms with Crippen LogP contribution in [0.1, 0.15) is 212 Å². The van der Waals surface area contributed by atoms with Crippen LogP contribution in [0.4, 0.5) is 43.9 Å². The molecule has 774 valence electrons. The first-order valence-corrected chi connectivity index (χ1v) is 57.1. The number of ether oxygens (including phenoxy) is 7. The molecule has 0 amide bonds. The number of esters is 3. The number of methoxy groups -OCH3 is 3. The number of hydrogen-bond donors (Lipinski definition) is 0. The number of aryl methyl sites for hydroxylation is 1. The molecular formula is C118H146F10O11S4+4. The molecule has 7 unspecified atom stereocenters. The van der Waals surface area contributed by atoms with Crippen molar-refractivity contribution >= 4 is 67.3 Å². The van der Waals surface area contributed by atoms with Gasteiger partial charge in [0.15, 0.2) is 45.7 Å². The highest BCUT2D eigenvalue weighted by Gasteiger charge is 2.73. The fourth-order valence-corrected chi connectivity index (χ4v) is 36.2. The lowest BCUT2D eigenvalue weighted by Gasteiger charge is -2.73. The minimum Gasteiger partial charge on any atom is -0.497 e. The van der Waals surface area contributed by atoms with E-state index in [1.54, 1.807) is 26.2 Å². The molecule has 15 saturated carbocycles. The van der Waals surface area contributed by atoms with Gasteiger partial charge in [-0.2, -0.15) is 22.0 Å². The fraction of sp³-hybridized carbons (Fsp3) is 0.559. The molecule has 0 aromatic heterocycles. The summed E-state index contributed by atoms with van der Waals surface area (Å²) in [4.78, 5) is 59.1. The first kappa shape index (κ1) is 109. The number of benzene rings is 8. The lowest BCUT2D eigenvalue weighted by molar-refractivity contribution is -0.279. The Hall–Kier alpha value is -8.10. The summed E-state index contributed by atoms with van der Waals surface area (Å²) in [6.07, 6.45) is 10.2. The number of carbonyl (C=O) groups excluding carboxylic acids is 4. The van der Waals surface area contributed by atoms with Crippen LogP contribution < -0.4 is 14.2 Å². The number of ketones is 1. The van der Waals surface area contributed by atoms with E-state index in [1.807, 2.05) is 48.5 Å². The Labute approximate surface area is 852 Å². The molecule has 0 spiro atoms. The van der Waals surface area contributed by atoms with Gasteiger partial charge in [0.2, 0.25) is 5.78 Å². The predicted molar refractivity (Wildman–Crippen MR) is 549 cm³/mol. The highest BCUT2D eigenvalue weighted by Crippen LogP contribution is 2.76. The van der Waals surface area contributed by atoms with E-state index in [9.17, 15) is 63.1 Å². The summed E-state index contributed by atoms with van der Waals surface area (Å²) in [5, 5.41) is 0.0646. The zero-order chi connectivity index (χ0) is 102. The van der Waals surface area contributed by atoms with Crippen LogP contribution >= 0.6 is 0 Å². The number of Topliss-reactive ketones (excluding diaryl/α,β-unsaturated/α-hetero) is 1. The van der Waals surface area contributed by atoms with Crippen LogP contribution in [0.15, 0.2) is 247 Å². The maximum Gasteiger partial charge on any atom is 0.431 e. The Balaban J connectivity index is 0.000000126. The molecule has 0 radical (unpaired) electrons.